The summed E-state index contributed by atoms with van der Waals surface area (Å²) in [4.78, 5) is 15.9. The number of hydrogen-bond acceptors (Lipinski definition) is 4. The van der Waals surface area contributed by atoms with Gasteiger partial charge < -0.3 is 10.1 Å². The Bertz CT molecular complexity index is 699. The highest BCUT2D eigenvalue weighted by molar-refractivity contribution is 5.75. The Morgan fingerprint density at radius 2 is 1.92 bits per heavy atom. The fourth-order valence-corrected chi connectivity index (χ4v) is 2.47. The van der Waals surface area contributed by atoms with Crippen LogP contribution in [-0.2, 0) is 29.8 Å². The fraction of sp³-hybridized carbons (Fsp3) is 0.526. The third-order valence-corrected chi connectivity index (χ3v) is 4.03. The second kappa shape index (κ2) is 8.14. The van der Waals surface area contributed by atoms with Gasteiger partial charge in [-0.3, -0.25) is 4.79 Å². The Balaban J connectivity index is 1.98. The van der Waals surface area contributed by atoms with Gasteiger partial charge in [-0.1, -0.05) is 32.9 Å². The van der Waals surface area contributed by atoms with Crippen LogP contribution in [0.1, 0.15) is 51.3 Å². The molecule has 6 heteroatoms. The summed E-state index contributed by atoms with van der Waals surface area (Å²) in [6, 6.07) is 8.12. The van der Waals surface area contributed by atoms with Crippen molar-refractivity contribution in [1.82, 2.24) is 20.1 Å². The highest BCUT2D eigenvalue weighted by atomic mass is 16.5. The van der Waals surface area contributed by atoms with Crippen LogP contribution in [0.5, 0.6) is 5.75 Å². The van der Waals surface area contributed by atoms with E-state index in [9.17, 15) is 4.79 Å². The van der Waals surface area contributed by atoms with Crippen molar-refractivity contribution in [2.45, 2.75) is 59.1 Å². The van der Waals surface area contributed by atoms with E-state index in [4.69, 9.17) is 4.74 Å². The maximum Gasteiger partial charge on any atom is 0.220 e. The number of hydrogen-bond donors (Lipinski definition) is 1. The van der Waals surface area contributed by atoms with E-state index in [1.165, 1.54) is 5.56 Å². The monoisotopic (exact) mass is 344 g/mol. The van der Waals surface area contributed by atoms with Crippen molar-refractivity contribution >= 4 is 5.91 Å². The molecule has 0 saturated carbocycles. The van der Waals surface area contributed by atoms with Gasteiger partial charge in [0.05, 0.1) is 0 Å². The molecule has 0 fully saturated rings. The number of carbonyl (C=O) groups is 1. The van der Waals surface area contributed by atoms with Crippen LogP contribution >= 0.6 is 0 Å². The molecule has 2 aromatic rings. The zero-order valence-corrected chi connectivity index (χ0v) is 15.8. The lowest BCUT2D eigenvalue weighted by Gasteiger charge is -2.19. The lowest BCUT2D eigenvalue weighted by molar-refractivity contribution is -0.120. The summed E-state index contributed by atoms with van der Waals surface area (Å²) in [7, 11) is 1.64. The first kappa shape index (κ1) is 19.0. The van der Waals surface area contributed by atoms with Crippen molar-refractivity contribution in [1.29, 1.82) is 0 Å². The van der Waals surface area contributed by atoms with Crippen LogP contribution in [0.4, 0.5) is 0 Å². The van der Waals surface area contributed by atoms with E-state index in [-0.39, 0.29) is 11.3 Å². The van der Waals surface area contributed by atoms with Crippen LogP contribution in [0.15, 0.2) is 24.3 Å². The van der Waals surface area contributed by atoms with Gasteiger partial charge in [0.25, 0.3) is 0 Å². The first-order valence-corrected chi connectivity index (χ1v) is 8.70. The summed E-state index contributed by atoms with van der Waals surface area (Å²) in [6.45, 7) is 9.60. The molecule has 0 radical (unpaired) electrons. The van der Waals surface area contributed by atoms with Crippen LogP contribution < -0.4 is 10.1 Å². The Kier molecular flexibility index (Phi) is 6.17. The highest BCUT2D eigenvalue weighted by Crippen LogP contribution is 2.24. The van der Waals surface area contributed by atoms with Crippen LogP contribution in [0.25, 0.3) is 0 Å². The summed E-state index contributed by atoms with van der Waals surface area (Å²) in [5, 5.41) is 7.07. The van der Waals surface area contributed by atoms with E-state index < -0.39 is 0 Å². The summed E-state index contributed by atoms with van der Waals surface area (Å²) in [5.74, 6) is 2.25. The number of rotatable bonds is 7. The quantitative estimate of drug-likeness (QED) is 0.838. The molecule has 0 atom stereocenters. The van der Waals surface area contributed by atoms with Gasteiger partial charge in [-0.05, 0) is 30.0 Å². The molecule has 0 aliphatic heterocycles. The van der Waals surface area contributed by atoms with Gasteiger partial charge in [0.2, 0.25) is 5.91 Å². The van der Waals surface area contributed by atoms with Gasteiger partial charge in [0.1, 0.15) is 18.2 Å². The lowest BCUT2D eigenvalue weighted by atomic mass is 9.87. The molecule has 1 aromatic carbocycles. The minimum Gasteiger partial charge on any atom is -0.486 e. The molecule has 1 aromatic heterocycles. The first-order chi connectivity index (χ1) is 11.8. The van der Waals surface area contributed by atoms with E-state index >= 15 is 0 Å². The summed E-state index contributed by atoms with van der Waals surface area (Å²) in [6.07, 6.45) is 0.977. The fourth-order valence-electron chi connectivity index (χ4n) is 2.47. The molecule has 0 saturated heterocycles. The van der Waals surface area contributed by atoms with Crippen LogP contribution in [0, 0.1) is 0 Å². The molecule has 136 valence electrons. The van der Waals surface area contributed by atoms with Gasteiger partial charge in [-0.25, -0.2) is 9.67 Å². The van der Waals surface area contributed by atoms with Crippen LogP contribution in [-0.4, -0.2) is 27.7 Å². The van der Waals surface area contributed by atoms with E-state index in [0.29, 0.717) is 25.3 Å². The third kappa shape index (κ3) is 5.31. The molecule has 0 bridgehead atoms. The number of aryl methyl sites for hydroxylation is 2. The zero-order chi connectivity index (χ0) is 18.4. The Labute approximate surface area is 149 Å². The molecule has 0 aliphatic carbocycles. The smallest absolute Gasteiger partial charge is 0.220 e. The second-order valence-corrected chi connectivity index (χ2v) is 7.00. The molecule has 0 unspecified atom stereocenters. The standard InChI is InChI=1S/C19H28N4O2/c1-6-23-17(11-12-18(24)20-5)21-16(22-23)13-25-15-9-7-14(8-10-15)19(2,3)4/h7-10H,6,11-13H2,1-5H3,(H,20,24). The third-order valence-electron chi connectivity index (χ3n) is 4.03. The Hall–Kier alpha value is -2.37. The lowest BCUT2D eigenvalue weighted by Crippen LogP contribution is -2.19. The van der Waals surface area contributed by atoms with Crippen molar-refractivity contribution in [2.24, 2.45) is 0 Å². The largest absolute Gasteiger partial charge is 0.486 e. The second-order valence-electron chi connectivity index (χ2n) is 7.00. The molecule has 0 spiro atoms. The zero-order valence-electron chi connectivity index (χ0n) is 15.8. The van der Waals surface area contributed by atoms with Crippen molar-refractivity contribution in [3.63, 3.8) is 0 Å². The maximum atomic E-state index is 11.4. The number of ether oxygens (including phenoxy) is 1. The first-order valence-electron chi connectivity index (χ1n) is 8.70. The normalized spacial score (nSPS) is 11.4. The van der Waals surface area contributed by atoms with Crippen molar-refractivity contribution in [3.05, 3.63) is 41.5 Å². The minimum atomic E-state index is 0.00221. The predicted molar refractivity (Wildman–Crippen MR) is 97.6 cm³/mol. The highest BCUT2D eigenvalue weighted by Gasteiger charge is 2.14. The molecule has 2 rings (SSSR count). The SMILES string of the molecule is CCn1nc(COc2ccc(C(C)(C)C)cc2)nc1CCC(=O)NC. The van der Waals surface area contributed by atoms with Gasteiger partial charge in [-0.2, -0.15) is 5.10 Å². The number of carbonyl (C=O) groups excluding carboxylic acids is 1. The molecule has 0 aliphatic rings. The molecular formula is C19H28N4O2. The topological polar surface area (TPSA) is 69.0 Å². The number of nitrogens with zero attached hydrogens (tertiary/aromatic N) is 3. The number of amides is 1. The molecule has 1 amide bonds. The van der Waals surface area contributed by atoms with Gasteiger partial charge >= 0.3 is 0 Å². The maximum absolute atomic E-state index is 11.4. The number of benzene rings is 1. The Morgan fingerprint density at radius 3 is 2.48 bits per heavy atom. The molecular weight excluding hydrogens is 316 g/mol. The van der Waals surface area contributed by atoms with Gasteiger partial charge in [0.15, 0.2) is 5.82 Å². The van der Waals surface area contributed by atoms with Crippen molar-refractivity contribution in [2.75, 3.05) is 7.05 Å². The van der Waals surface area contributed by atoms with E-state index in [0.717, 1.165) is 18.1 Å². The minimum absolute atomic E-state index is 0.00221. The average Bonchev–Trinajstić information content (AvgIpc) is 2.99. The van der Waals surface area contributed by atoms with Crippen molar-refractivity contribution < 1.29 is 9.53 Å². The van der Waals surface area contributed by atoms with E-state index in [1.807, 2.05) is 23.7 Å². The number of nitrogens with one attached hydrogen (secondary N) is 1. The van der Waals surface area contributed by atoms with E-state index in [1.54, 1.807) is 7.05 Å². The average molecular weight is 344 g/mol. The summed E-state index contributed by atoms with van der Waals surface area (Å²) >= 11 is 0. The van der Waals surface area contributed by atoms with Crippen LogP contribution in [0.2, 0.25) is 0 Å². The van der Waals surface area contributed by atoms with Crippen molar-refractivity contribution in [3.8, 4) is 5.75 Å². The predicted octanol–water partition coefficient (Wildman–Crippen LogP) is 2.85. The van der Waals surface area contributed by atoms with E-state index in [2.05, 4.69) is 48.3 Å². The molecule has 1 N–H and O–H groups in total. The summed E-state index contributed by atoms with van der Waals surface area (Å²) < 4.78 is 7.63. The summed E-state index contributed by atoms with van der Waals surface area (Å²) in [5.41, 5.74) is 1.39. The molecule has 25 heavy (non-hydrogen) atoms. The number of aromatic nitrogens is 3. The van der Waals surface area contributed by atoms with Crippen LogP contribution in [0.3, 0.4) is 0 Å². The van der Waals surface area contributed by atoms with Gasteiger partial charge in [-0.15, -0.1) is 0 Å². The molecule has 6 nitrogen and oxygen atoms in total. The Morgan fingerprint density at radius 1 is 1.24 bits per heavy atom. The van der Waals surface area contributed by atoms with Gasteiger partial charge in [0, 0.05) is 26.4 Å². The molecule has 1 heterocycles.